The number of aryl methyl sites for hydroxylation is 1. The smallest absolute Gasteiger partial charge is 0.337 e. The summed E-state index contributed by atoms with van der Waals surface area (Å²) in [5.41, 5.74) is 1.99. The molecule has 11 nitrogen and oxygen atoms in total. The number of halogens is 1. The molecule has 1 fully saturated rings. The molecule has 1 saturated heterocycles. The van der Waals surface area contributed by atoms with Crippen LogP contribution in [0, 0.1) is 6.92 Å². The number of carbonyl (C=O) groups is 5. The highest BCUT2D eigenvalue weighted by Crippen LogP contribution is 2.37. The molecule has 12 heteroatoms. The summed E-state index contributed by atoms with van der Waals surface area (Å²) in [6, 6.07) is 15.0. The Balaban J connectivity index is 1.56. The third-order valence-corrected chi connectivity index (χ3v) is 6.57. The number of esters is 1. The second-order valence-electron chi connectivity index (χ2n) is 8.68. The summed E-state index contributed by atoms with van der Waals surface area (Å²) in [5, 5.41) is 4.92. The van der Waals surface area contributed by atoms with Crippen molar-refractivity contribution in [1.82, 2.24) is 5.32 Å². The number of hydrogen-bond donors (Lipinski definition) is 2. The molecule has 0 radical (unpaired) electrons. The van der Waals surface area contributed by atoms with Crippen LogP contribution in [-0.4, -0.2) is 50.5 Å². The van der Waals surface area contributed by atoms with E-state index in [0.717, 1.165) is 10.5 Å². The zero-order valence-electron chi connectivity index (χ0n) is 22.1. The average Bonchev–Trinajstić information content (AvgIpc) is 2.95. The van der Waals surface area contributed by atoms with E-state index in [1.807, 2.05) is 25.1 Å². The Bertz CT molecular complexity index is 1580. The summed E-state index contributed by atoms with van der Waals surface area (Å²) in [5.74, 6) is -2.26. The van der Waals surface area contributed by atoms with Crippen LogP contribution in [0.25, 0.3) is 6.08 Å². The Labute approximate surface area is 243 Å². The largest absolute Gasteiger partial charge is 0.493 e. The number of barbiturate groups is 1. The zero-order chi connectivity index (χ0) is 29.7. The molecule has 5 amide bonds. The van der Waals surface area contributed by atoms with Crippen molar-refractivity contribution in [3.63, 3.8) is 0 Å². The van der Waals surface area contributed by atoms with Crippen molar-refractivity contribution in [2.24, 2.45) is 0 Å². The number of nitrogens with one attached hydrogen (secondary N) is 2. The number of rotatable bonds is 8. The minimum Gasteiger partial charge on any atom is -0.493 e. The van der Waals surface area contributed by atoms with E-state index in [9.17, 15) is 24.0 Å². The number of imide groups is 2. The number of methoxy groups -OCH3 is 2. The number of para-hydroxylation sites is 1. The SMILES string of the molecule is COC(=O)c1ccc(N2C(=O)NC(=O)/C(=C/c3cc(Br)c(OCC(=O)Nc4ccccc4C)c(OC)c3)C2=O)cc1. The second-order valence-corrected chi connectivity index (χ2v) is 9.54. The van der Waals surface area contributed by atoms with Gasteiger partial charge in [-0.05, 0) is 82.5 Å². The van der Waals surface area contributed by atoms with E-state index >= 15 is 0 Å². The Kier molecular flexibility index (Phi) is 8.83. The van der Waals surface area contributed by atoms with Crippen LogP contribution in [0.4, 0.5) is 16.2 Å². The van der Waals surface area contributed by atoms with Crippen molar-refractivity contribution in [2.75, 3.05) is 31.0 Å². The van der Waals surface area contributed by atoms with Gasteiger partial charge in [-0.25, -0.2) is 14.5 Å². The van der Waals surface area contributed by atoms with E-state index in [1.54, 1.807) is 12.1 Å². The molecule has 0 aliphatic carbocycles. The number of ether oxygens (including phenoxy) is 3. The molecule has 3 aromatic carbocycles. The van der Waals surface area contributed by atoms with Crippen molar-refractivity contribution in [3.8, 4) is 11.5 Å². The first-order valence-corrected chi connectivity index (χ1v) is 12.9. The van der Waals surface area contributed by atoms with Gasteiger partial charge >= 0.3 is 12.0 Å². The molecular weight excluding hydrogens is 598 g/mol. The van der Waals surface area contributed by atoms with E-state index < -0.39 is 23.8 Å². The number of nitrogens with zero attached hydrogens (tertiary/aromatic N) is 1. The first kappa shape index (κ1) is 29.0. The van der Waals surface area contributed by atoms with E-state index in [4.69, 9.17) is 9.47 Å². The summed E-state index contributed by atoms with van der Waals surface area (Å²) in [6.07, 6.45) is 1.29. The molecule has 2 N–H and O–H groups in total. The van der Waals surface area contributed by atoms with Crippen LogP contribution < -0.4 is 25.0 Å². The number of carbonyl (C=O) groups excluding carboxylic acids is 5. The summed E-state index contributed by atoms with van der Waals surface area (Å²) >= 11 is 3.39. The molecule has 0 aromatic heterocycles. The Hall–Kier alpha value is -4.97. The summed E-state index contributed by atoms with van der Waals surface area (Å²) in [6.45, 7) is 1.56. The fraction of sp³-hybridized carbons (Fsp3) is 0.138. The minimum absolute atomic E-state index is 0.144. The van der Waals surface area contributed by atoms with Crippen LogP contribution in [0.1, 0.15) is 21.5 Å². The van der Waals surface area contributed by atoms with Crippen molar-refractivity contribution in [2.45, 2.75) is 6.92 Å². The van der Waals surface area contributed by atoms with E-state index in [1.165, 1.54) is 50.6 Å². The molecule has 4 rings (SSSR count). The predicted molar refractivity (Wildman–Crippen MR) is 153 cm³/mol. The topological polar surface area (TPSA) is 140 Å². The van der Waals surface area contributed by atoms with Gasteiger partial charge in [0.2, 0.25) is 0 Å². The van der Waals surface area contributed by atoms with Crippen LogP contribution in [0.15, 0.2) is 70.7 Å². The summed E-state index contributed by atoms with van der Waals surface area (Å²) < 4.78 is 16.2. The molecule has 1 aliphatic rings. The van der Waals surface area contributed by atoms with Crippen molar-refractivity contribution in [1.29, 1.82) is 0 Å². The molecule has 3 aromatic rings. The highest BCUT2D eigenvalue weighted by molar-refractivity contribution is 9.10. The fourth-order valence-corrected chi connectivity index (χ4v) is 4.50. The monoisotopic (exact) mass is 621 g/mol. The average molecular weight is 622 g/mol. The van der Waals surface area contributed by atoms with Gasteiger partial charge in [0, 0.05) is 5.69 Å². The van der Waals surface area contributed by atoms with Gasteiger partial charge in [-0.15, -0.1) is 0 Å². The Morgan fingerprint density at radius 1 is 1.02 bits per heavy atom. The predicted octanol–water partition coefficient (Wildman–Crippen LogP) is 4.24. The van der Waals surface area contributed by atoms with Gasteiger partial charge in [0.05, 0.1) is 29.9 Å². The Morgan fingerprint density at radius 2 is 1.73 bits per heavy atom. The van der Waals surface area contributed by atoms with Gasteiger partial charge in [-0.3, -0.25) is 19.7 Å². The van der Waals surface area contributed by atoms with Crippen LogP contribution in [-0.2, 0) is 19.1 Å². The Morgan fingerprint density at radius 3 is 2.39 bits per heavy atom. The lowest BCUT2D eigenvalue weighted by Gasteiger charge is -2.26. The van der Waals surface area contributed by atoms with Gasteiger partial charge in [-0.2, -0.15) is 0 Å². The van der Waals surface area contributed by atoms with E-state index in [2.05, 4.69) is 31.3 Å². The molecule has 0 unspecified atom stereocenters. The van der Waals surface area contributed by atoms with Gasteiger partial charge in [-0.1, -0.05) is 18.2 Å². The van der Waals surface area contributed by atoms with Crippen LogP contribution in [0.2, 0.25) is 0 Å². The maximum atomic E-state index is 13.3. The molecule has 1 aliphatic heterocycles. The maximum Gasteiger partial charge on any atom is 0.337 e. The molecule has 1 heterocycles. The number of benzene rings is 3. The fourth-order valence-electron chi connectivity index (χ4n) is 3.92. The lowest BCUT2D eigenvalue weighted by Crippen LogP contribution is -2.54. The van der Waals surface area contributed by atoms with Gasteiger partial charge in [0.25, 0.3) is 17.7 Å². The molecule has 0 saturated carbocycles. The summed E-state index contributed by atoms with van der Waals surface area (Å²) in [7, 11) is 2.63. The van der Waals surface area contributed by atoms with Crippen LogP contribution in [0.3, 0.4) is 0 Å². The highest BCUT2D eigenvalue weighted by atomic mass is 79.9. The molecular formula is C29H24BrN3O8. The van der Waals surface area contributed by atoms with E-state index in [0.29, 0.717) is 15.7 Å². The molecule has 41 heavy (non-hydrogen) atoms. The lowest BCUT2D eigenvalue weighted by molar-refractivity contribution is -0.122. The van der Waals surface area contributed by atoms with Gasteiger partial charge in [0.1, 0.15) is 5.57 Å². The highest BCUT2D eigenvalue weighted by Gasteiger charge is 2.37. The second kappa shape index (κ2) is 12.5. The van der Waals surface area contributed by atoms with Crippen molar-refractivity contribution >= 4 is 63.1 Å². The quantitative estimate of drug-likeness (QED) is 0.216. The zero-order valence-corrected chi connectivity index (χ0v) is 23.7. The van der Waals surface area contributed by atoms with E-state index in [-0.39, 0.29) is 40.8 Å². The maximum absolute atomic E-state index is 13.3. The van der Waals surface area contributed by atoms with Gasteiger partial charge in [0.15, 0.2) is 18.1 Å². The number of hydrogen-bond acceptors (Lipinski definition) is 8. The van der Waals surface area contributed by atoms with Crippen molar-refractivity contribution in [3.05, 3.63) is 87.4 Å². The molecule has 210 valence electrons. The molecule has 0 spiro atoms. The van der Waals surface area contributed by atoms with Crippen LogP contribution >= 0.6 is 15.9 Å². The third-order valence-electron chi connectivity index (χ3n) is 5.98. The number of amides is 5. The summed E-state index contributed by atoms with van der Waals surface area (Å²) in [4.78, 5) is 63.3. The number of anilines is 2. The number of urea groups is 1. The molecule has 0 bridgehead atoms. The lowest BCUT2D eigenvalue weighted by atomic mass is 10.1. The van der Waals surface area contributed by atoms with Crippen molar-refractivity contribution < 1.29 is 38.2 Å². The minimum atomic E-state index is -0.936. The first-order chi connectivity index (χ1) is 19.6. The van der Waals surface area contributed by atoms with Gasteiger partial charge < -0.3 is 19.5 Å². The first-order valence-electron chi connectivity index (χ1n) is 12.1. The molecule has 0 atom stereocenters. The normalized spacial score (nSPS) is 14.0. The standard InChI is InChI=1S/C29H24BrN3O8/c1-16-6-4-5-7-22(16)31-24(34)15-41-25-21(30)13-17(14-23(25)39-2)12-20-26(35)32-29(38)33(27(20)36)19-10-8-18(9-11-19)28(37)40-3/h4-14H,15H2,1-3H3,(H,31,34)(H,32,35,38)/b20-12-. The van der Waals surface area contributed by atoms with Crippen LogP contribution in [0.5, 0.6) is 11.5 Å². The third kappa shape index (κ3) is 6.44.